The molecule has 11 heteroatoms. The number of halogens is 1. The van der Waals surface area contributed by atoms with E-state index in [1.807, 2.05) is 16.8 Å². The molecule has 1 aromatic carbocycles. The van der Waals surface area contributed by atoms with Crippen molar-refractivity contribution in [3.8, 4) is 5.75 Å². The maximum atomic E-state index is 13.9. The van der Waals surface area contributed by atoms with E-state index in [1.54, 1.807) is 23.1 Å². The lowest BCUT2D eigenvalue weighted by Crippen LogP contribution is -2.54. The SMILES string of the molecule is CO[C@@H]1CN(C(C)=O)C[C@@H](CC(C)C)N(C(=O)CN(C)CCOc2ccccc2F)CCCCOC[C@@H](O)[C@H]1O. The minimum absolute atomic E-state index is 0.0561. The third-order valence-electron chi connectivity index (χ3n) is 7.06. The Morgan fingerprint density at radius 3 is 2.58 bits per heavy atom. The van der Waals surface area contributed by atoms with Gasteiger partial charge in [-0.05, 0) is 44.4 Å². The van der Waals surface area contributed by atoms with Gasteiger partial charge in [0, 0.05) is 52.9 Å². The van der Waals surface area contributed by atoms with Crippen LogP contribution >= 0.6 is 0 Å². The van der Waals surface area contributed by atoms with E-state index < -0.39 is 24.1 Å². The molecule has 0 aromatic heterocycles. The highest BCUT2D eigenvalue weighted by atomic mass is 19.1. The molecule has 1 aliphatic rings. The third kappa shape index (κ3) is 11.3. The van der Waals surface area contributed by atoms with Gasteiger partial charge in [-0.2, -0.15) is 0 Å². The molecule has 4 atom stereocenters. The van der Waals surface area contributed by atoms with Crippen LogP contribution < -0.4 is 4.74 Å². The predicted molar refractivity (Wildman–Crippen MR) is 149 cm³/mol. The topological polar surface area (TPSA) is 112 Å². The van der Waals surface area contributed by atoms with E-state index in [0.29, 0.717) is 39.0 Å². The van der Waals surface area contributed by atoms with Crippen molar-refractivity contribution in [3.63, 3.8) is 0 Å². The number of methoxy groups -OCH3 is 1. The average molecular weight is 570 g/mol. The smallest absolute Gasteiger partial charge is 0.237 e. The van der Waals surface area contributed by atoms with E-state index in [-0.39, 0.29) is 62.4 Å². The normalized spacial score (nSPS) is 23.8. The van der Waals surface area contributed by atoms with Crippen LogP contribution in [0.1, 0.15) is 40.0 Å². The lowest BCUT2D eigenvalue weighted by molar-refractivity contribution is -0.142. The highest BCUT2D eigenvalue weighted by molar-refractivity contribution is 5.79. The molecule has 1 saturated heterocycles. The summed E-state index contributed by atoms with van der Waals surface area (Å²) in [5, 5.41) is 21.0. The molecule has 40 heavy (non-hydrogen) atoms. The second-order valence-corrected chi connectivity index (χ2v) is 10.9. The molecular weight excluding hydrogens is 521 g/mol. The third-order valence-corrected chi connectivity index (χ3v) is 7.06. The lowest BCUT2D eigenvalue weighted by atomic mass is 10.00. The van der Waals surface area contributed by atoms with E-state index in [2.05, 4.69) is 13.8 Å². The number of benzene rings is 1. The number of aliphatic hydroxyl groups is 2. The summed E-state index contributed by atoms with van der Waals surface area (Å²) < 4.78 is 30.4. The van der Waals surface area contributed by atoms with Crippen LogP contribution in [0.3, 0.4) is 0 Å². The van der Waals surface area contributed by atoms with Gasteiger partial charge in [-0.25, -0.2) is 4.39 Å². The molecule has 0 spiro atoms. The zero-order valence-electron chi connectivity index (χ0n) is 24.6. The number of hydrogen-bond donors (Lipinski definition) is 2. The lowest BCUT2D eigenvalue weighted by Gasteiger charge is -2.39. The molecular formula is C29H48FN3O7. The average Bonchev–Trinajstić information content (AvgIpc) is 2.89. The number of nitrogens with zero attached hydrogens (tertiary/aromatic N) is 3. The van der Waals surface area contributed by atoms with Crippen molar-refractivity contribution >= 4 is 11.8 Å². The molecule has 0 radical (unpaired) electrons. The van der Waals surface area contributed by atoms with Gasteiger partial charge in [-0.3, -0.25) is 14.5 Å². The molecule has 2 N–H and O–H groups in total. The first-order valence-electron chi connectivity index (χ1n) is 14.1. The summed E-state index contributed by atoms with van der Waals surface area (Å²) in [6.45, 7) is 7.53. The van der Waals surface area contributed by atoms with Gasteiger partial charge in [0.25, 0.3) is 0 Å². The Balaban J connectivity index is 2.18. The molecule has 0 bridgehead atoms. The molecule has 0 saturated carbocycles. The Hall–Kier alpha value is -2.31. The van der Waals surface area contributed by atoms with Crippen LogP contribution in [0, 0.1) is 11.7 Å². The van der Waals surface area contributed by atoms with Crippen molar-refractivity contribution in [2.24, 2.45) is 5.92 Å². The molecule has 0 aliphatic carbocycles. The van der Waals surface area contributed by atoms with E-state index in [0.717, 1.165) is 0 Å². The minimum atomic E-state index is -1.24. The number of carbonyl (C=O) groups is 2. The summed E-state index contributed by atoms with van der Waals surface area (Å²) in [6.07, 6.45) is -1.19. The van der Waals surface area contributed by atoms with Gasteiger partial charge in [-0.1, -0.05) is 26.0 Å². The summed E-state index contributed by atoms with van der Waals surface area (Å²) in [6, 6.07) is 5.94. The van der Waals surface area contributed by atoms with Gasteiger partial charge in [0.05, 0.1) is 13.2 Å². The zero-order chi connectivity index (χ0) is 29.7. The van der Waals surface area contributed by atoms with Crippen molar-refractivity contribution in [1.82, 2.24) is 14.7 Å². The van der Waals surface area contributed by atoms with Crippen LogP contribution in [-0.4, -0.2) is 128 Å². The summed E-state index contributed by atoms with van der Waals surface area (Å²) in [7, 11) is 3.24. The van der Waals surface area contributed by atoms with Crippen molar-refractivity contribution in [2.75, 3.05) is 66.7 Å². The number of hydrogen-bond acceptors (Lipinski definition) is 8. The van der Waals surface area contributed by atoms with Crippen LogP contribution in [0.15, 0.2) is 24.3 Å². The maximum Gasteiger partial charge on any atom is 0.237 e. The number of carbonyl (C=O) groups excluding carboxylic acids is 2. The molecule has 1 fully saturated rings. The first-order valence-corrected chi connectivity index (χ1v) is 14.1. The van der Waals surface area contributed by atoms with E-state index in [9.17, 15) is 24.2 Å². The molecule has 1 heterocycles. The molecule has 10 nitrogen and oxygen atoms in total. The van der Waals surface area contributed by atoms with E-state index in [4.69, 9.17) is 14.2 Å². The summed E-state index contributed by atoms with van der Waals surface area (Å²) in [5.74, 6) is -0.285. The van der Waals surface area contributed by atoms with E-state index >= 15 is 0 Å². The standard InChI is InChI=1S/C29H48FN3O7/c1-21(2)16-23-17-32(22(3)34)18-27(38-5)29(37)25(35)20-39-14-9-8-12-33(23)28(36)19-31(4)13-15-40-26-11-7-6-10-24(26)30/h6-7,10-11,21,23,25,27,29,35,37H,8-9,12-20H2,1-5H3/t23-,25-,27-,29-/m1/s1. The van der Waals surface area contributed by atoms with Crippen molar-refractivity contribution < 1.29 is 38.4 Å². The Bertz CT molecular complexity index is 906. The summed E-state index contributed by atoms with van der Waals surface area (Å²) in [5.41, 5.74) is 0. The number of aliphatic hydroxyl groups excluding tert-OH is 2. The van der Waals surface area contributed by atoms with Gasteiger partial charge in [0.15, 0.2) is 11.6 Å². The molecule has 1 aliphatic heterocycles. The maximum absolute atomic E-state index is 13.9. The Morgan fingerprint density at radius 2 is 1.93 bits per heavy atom. The minimum Gasteiger partial charge on any atom is -0.489 e. The highest BCUT2D eigenvalue weighted by Gasteiger charge is 2.33. The number of ether oxygens (including phenoxy) is 3. The predicted octanol–water partition coefficient (Wildman–Crippen LogP) is 1.78. The Kier molecular flexibility index (Phi) is 14.8. The number of amides is 2. The van der Waals surface area contributed by atoms with Crippen molar-refractivity contribution in [3.05, 3.63) is 30.1 Å². The monoisotopic (exact) mass is 569 g/mol. The molecule has 228 valence electrons. The van der Waals surface area contributed by atoms with Crippen LogP contribution in [0.25, 0.3) is 0 Å². The first kappa shape index (κ1) is 33.9. The summed E-state index contributed by atoms with van der Waals surface area (Å²) in [4.78, 5) is 31.6. The van der Waals surface area contributed by atoms with E-state index in [1.165, 1.54) is 20.1 Å². The zero-order valence-corrected chi connectivity index (χ0v) is 24.6. The second-order valence-electron chi connectivity index (χ2n) is 10.9. The fourth-order valence-corrected chi connectivity index (χ4v) is 4.79. The second kappa shape index (κ2) is 17.5. The number of rotatable bonds is 9. The highest BCUT2D eigenvalue weighted by Crippen LogP contribution is 2.18. The van der Waals surface area contributed by atoms with Gasteiger partial charge in [0.2, 0.25) is 11.8 Å². The van der Waals surface area contributed by atoms with Crippen LogP contribution in [0.2, 0.25) is 0 Å². The van der Waals surface area contributed by atoms with Gasteiger partial charge < -0.3 is 34.2 Å². The number of para-hydroxylation sites is 1. The fraction of sp³-hybridized carbons (Fsp3) is 0.724. The fourth-order valence-electron chi connectivity index (χ4n) is 4.79. The molecule has 1 aromatic rings. The number of likely N-dealkylation sites (N-methyl/N-ethyl adjacent to an activating group) is 1. The first-order chi connectivity index (χ1) is 19.0. The van der Waals surface area contributed by atoms with Crippen LogP contribution in [-0.2, 0) is 19.1 Å². The van der Waals surface area contributed by atoms with Crippen molar-refractivity contribution in [2.45, 2.75) is 64.4 Å². The Labute approximate surface area is 238 Å². The summed E-state index contributed by atoms with van der Waals surface area (Å²) >= 11 is 0. The van der Waals surface area contributed by atoms with Crippen LogP contribution in [0.4, 0.5) is 4.39 Å². The molecule has 2 rings (SSSR count). The molecule has 0 unspecified atom stereocenters. The van der Waals surface area contributed by atoms with Gasteiger partial charge >= 0.3 is 0 Å². The quantitative estimate of drug-likeness (QED) is 0.463. The van der Waals surface area contributed by atoms with Crippen LogP contribution in [0.5, 0.6) is 5.75 Å². The van der Waals surface area contributed by atoms with Crippen molar-refractivity contribution in [1.29, 1.82) is 0 Å². The van der Waals surface area contributed by atoms with Gasteiger partial charge in [0.1, 0.15) is 24.9 Å². The van der Waals surface area contributed by atoms with Gasteiger partial charge in [-0.15, -0.1) is 0 Å². The molecule has 2 amide bonds. The largest absolute Gasteiger partial charge is 0.489 e. The Morgan fingerprint density at radius 1 is 1.20 bits per heavy atom.